The molecule has 4 rings (SSSR count). The van der Waals surface area contributed by atoms with E-state index < -0.39 is 5.91 Å². The molecule has 0 radical (unpaired) electrons. The molecule has 0 aliphatic rings. The van der Waals surface area contributed by atoms with Gasteiger partial charge in [-0.15, -0.1) is 0 Å². The van der Waals surface area contributed by atoms with E-state index in [4.69, 9.17) is 0 Å². The van der Waals surface area contributed by atoms with E-state index in [1.165, 1.54) is 0 Å². The molecular weight excluding hydrogens is 398 g/mol. The highest BCUT2D eigenvalue weighted by molar-refractivity contribution is 5.92. The molecule has 1 aromatic heterocycles. The van der Waals surface area contributed by atoms with Crippen LogP contribution in [0.5, 0.6) is 0 Å². The van der Waals surface area contributed by atoms with Crippen molar-refractivity contribution >= 4 is 17.8 Å². The first-order valence-corrected chi connectivity index (χ1v) is 10.2. The largest absolute Gasteiger partial charge is 0.378 e. The fourth-order valence-corrected chi connectivity index (χ4v) is 3.14. The lowest BCUT2D eigenvalue weighted by Gasteiger charge is -2.11. The number of rotatable bonds is 6. The smallest absolute Gasteiger partial charge is 0.309 e. The zero-order valence-electron chi connectivity index (χ0n) is 17.9. The van der Waals surface area contributed by atoms with Gasteiger partial charge in [-0.3, -0.25) is 4.79 Å². The zero-order chi connectivity index (χ0) is 22.3. The van der Waals surface area contributed by atoms with Crippen molar-refractivity contribution in [2.24, 2.45) is 5.10 Å². The van der Waals surface area contributed by atoms with Crippen molar-refractivity contribution in [2.75, 3.05) is 19.0 Å². The number of aromatic nitrogens is 2. The molecule has 6 heteroatoms. The number of hydrogen-bond donors (Lipinski definition) is 1. The van der Waals surface area contributed by atoms with E-state index in [1.807, 2.05) is 110 Å². The fraction of sp³-hybridized carbons (Fsp3) is 0.0769. The number of carbonyl (C=O) groups excluding carboxylic acids is 1. The highest BCUT2D eigenvalue weighted by Gasteiger charge is 2.14. The van der Waals surface area contributed by atoms with Crippen LogP contribution in [0.25, 0.3) is 22.5 Å². The molecule has 1 heterocycles. The molecule has 0 bridgehead atoms. The monoisotopic (exact) mass is 421 g/mol. The minimum atomic E-state index is -0.471. The Morgan fingerprint density at radius 2 is 1.34 bits per heavy atom. The van der Waals surface area contributed by atoms with Gasteiger partial charge in [0, 0.05) is 30.9 Å². The van der Waals surface area contributed by atoms with Crippen LogP contribution in [0.2, 0.25) is 0 Å². The van der Waals surface area contributed by atoms with Crippen LogP contribution in [0.3, 0.4) is 0 Å². The van der Waals surface area contributed by atoms with Crippen molar-refractivity contribution in [2.45, 2.75) is 0 Å². The van der Waals surface area contributed by atoms with Gasteiger partial charge in [0.25, 0.3) is 0 Å². The molecule has 6 nitrogen and oxygen atoms in total. The van der Waals surface area contributed by atoms with E-state index in [-0.39, 0.29) is 5.82 Å². The quantitative estimate of drug-likeness (QED) is 0.364. The number of hydrazone groups is 1. The van der Waals surface area contributed by atoms with Gasteiger partial charge in [-0.2, -0.15) is 5.10 Å². The minimum absolute atomic E-state index is 0.0605. The van der Waals surface area contributed by atoms with Crippen LogP contribution in [0.1, 0.15) is 16.2 Å². The summed E-state index contributed by atoms with van der Waals surface area (Å²) in [6.45, 7) is 0. The van der Waals surface area contributed by atoms with E-state index >= 15 is 0 Å². The number of carbonyl (C=O) groups is 1. The summed E-state index contributed by atoms with van der Waals surface area (Å²) in [6, 6.07) is 29.2. The number of nitrogens with one attached hydrogen (secondary N) is 1. The summed E-state index contributed by atoms with van der Waals surface area (Å²) in [4.78, 5) is 23.8. The van der Waals surface area contributed by atoms with Crippen molar-refractivity contribution in [1.82, 2.24) is 15.4 Å². The van der Waals surface area contributed by atoms with Crippen LogP contribution in [0.4, 0.5) is 5.69 Å². The highest BCUT2D eigenvalue weighted by Crippen LogP contribution is 2.23. The van der Waals surface area contributed by atoms with Crippen LogP contribution in [0.15, 0.2) is 96.1 Å². The van der Waals surface area contributed by atoms with E-state index in [0.717, 1.165) is 22.4 Å². The molecule has 32 heavy (non-hydrogen) atoms. The predicted molar refractivity (Wildman–Crippen MR) is 129 cm³/mol. The first-order valence-electron chi connectivity index (χ1n) is 10.2. The molecule has 0 unspecified atom stereocenters. The van der Waals surface area contributed by atoms with Crippen molar-refractivity contribution in [1.29, 1.82) is 0 Å². The second-order valence-electron chi connectivity index (χ2n) is 7.38. The van der Waals surface area contributed by atoms with Gasteiger partial charge in [0.15, 0.2) is 0 Å². The third kappa shape index (κ3) is 5.05. The molecule has 0 aliphatic heterocycles. The predicted octanol–water partition coefficient (Wildman–Crippen LogP) is 4.64. The summed E-state index contributed by atoms with van der Waals surface area (Å²) >= 11 is 0. The van der Waals surface area contributed by atoms with Crippen molar-refractivity contribution in [3.63, 3.8) is 0 Å². The van der Waals surface area contributed by atoms with Crippen molar-refractivity contribution < 1.29 is 4.79 Å². The van der Waals surface area contributed by atoms with E-state index in [0.29, 0.717) is 11.4 Å². The molecule has 0 aliphatic carbocycles. The van der Waals surface area contributed by atoms with Crippen LogP contribution in [-0.4, -0.2) is 36.2 Å². The average molecular weight is 422 g/mol. The summed E-state index contributed by atoms with van der Waals surface area (Å²) in [5.41, 5.74) is 7.66. The lowest BCUT2D eigenvalue weighted by molar-refractivity contribution is 0.0945. The molecule has 1 N–H and O–H groups in total. The van der Waals surface area contributed by atoms with Crippen LogP contribution in [0, 0.1) is 0 Å². The van der Waals surface area contributed by atoms with E-state index in [9.17, 15) is 4.79 Å². The lowest BCUT2D eigenvalue weighted by atomic mass is 10.1. The Morgan fingerprint density at radius 3 is 1.84 bits per heavy atom. The van der Waals surface area contributed by atoms with Gasteiger partial charge < -0.3 is 4.90 Å². The molecule has 1 amide bonds. The Bertz CT molecular complexity index is 1160. The Labute approximate surface area is 187 Å². The van der Waals surface area contributed by atoms with E-state index in [2.05, 4.69) is 20.5 Å². The third-order valence-corrected chi connectivity index (χ3v) is 4.86. The number of benzene rings is 3. The standard InChI is InChI=1S/C26H23N5O/c1-31(2)22-15-13-19(14-16-22)18-27-30-26(32)25-28-23(20-9-5-3-6-10-20)17-24(29-25)21-11-7-4-8-12-21/h3-18H,1-2H3,(H,30,32)/b27-18+. The number of anilines is 1. The maximum Gasteiger partial charge on any atom is 0.309 e. The molecule has 0 saturated heterocycles. The summed E-state index contributed by atoms with van der Waals surface area (Å²) in [7, 11) is 3.97. The summed E-state index contributed by atoms with van der Waals surface area (Å²) in [5, 5.41) is 4.08. The molecular formula is C26H23N5O. The third-order valence-electron chi connectivity index (χ3n) is 4.86. The van der Waals surface area contributed by atoms with Crippen LogP contribution in [-0.2, 0) is 0 Å². The molecule has 3 aromatic carbocycles. The maximum absolute atomic E-state index is 12.8. The normalized spacial score (nSPS) is 10.8. The van der Waals surface area contributed by atoms with Crippen molar-refractivity contribution in [3.05, 3.63) is 102 Å². The van der Waals surface area contributed by atoms with Crippen LogP contribution < -0.4 is 10.3 Å². The van der Waals surface area contributed by atoms with Gasteiger partial charge in [-0.25, -0.2) is 15.4 Å². The van der Waals surface area contributed by atoms with Gasteiger partial charge in [0.05, 0.1) is 17.6 Å². The van der Waals surface area contributed by atoms with Gasteiger partial charge in [-0.1, -0.05) is 72.8 Å². The van der Waals surface area contributed by atoms with Crippen molar-refractivity contribution in [3.8, 4) is 22.5 Å². The van der Waals surface area contributed by atoms with Gasteiger partial charge in [-0.05, 0) is 23.8 Å². The summed E-state index contributed by atoms with van der Waals surface area (Å²) in [6.07, 6.45) is 1.59. The van der Waals surface area contributed by atoms with E-state index in [1.54, 1.807) is 6.21 Å². The lowest BCUT2D eigenvalue weighted by Crippen LogP contribution is -2.21. The molecule has 0 fully saturated rings. The number of amides is 1. The molecule has 0 saturated carbocycles. The van der Waals surface area contributed by atoms with Gasteiger partial charge in [0.1, 0.15) is 0 Å². The van der Waals surface area contributed by atoms with Gasteiger partial charge >= 0.3 is 5.91 Å². The number of hydrogen-bond acceptors (Lipinski definition) is 5. The molecule has 158 valence electrons. The first-order chi connectivity index (χ1) is 15.6. The SMILES string of the molecule is CN(C)c1ccc(/C=N/NC(=O)c2nc(-c3ccccc3)cc(-c3ccccc3)n2)cc1. The van der Waals surface area contributed by atoms with Gasteiger partial charge in [0.2, 0.25) is 5.82 Å². The number of nitrogens with zero attached hydrogens (tertiary/aromatic N) is 4. The topological polar surface area (TPSA) is 70.5 Å². The molecule has 0 spiro atoms. The summed E-state index contributed by atoms with van der Waals surface area (Å²) in [5.74, 6) is -0.411. The average Bonchev–Trinajstić information content (AvgIpc) is 2.85. The summed E-state index contributed by atoms with van der Waals surface area (Å²) < 4.78 is 0. The Hall–Kier alpha value is -4.32. The minimum Gasteiger partial charge on any atom is -0.378 e. The first kappa shape index (κ1) is 20.9. The maximum atomic E-state index is 12.8. The van der Waals surface area contributed by atoms with Crippen LogP contribution >= 0.6 is 0 Å². The highest BCUT2D eigenvalue weighted by atomic mass is 16.2. The molecule has 0 atom stereocenters. The Balaban J connectivity index is 1.59. The molecule has 4 aromatic rings. The second kappa shape index (κ2) is 9.66. The fourth-order valence-electron chi connectivity index (χ4n) is 3.14. The Morgan fingerprint density at radius 1 is 0.812 bits per heavy atom. The zero-order valence-corrected chi connectivity index (χ0v) is 17.9. The Kier molecular flexibility index (Phi) is 6.32. The second-order valence-corrected chi connectivity index (χ2v) is 7.38.